The van der Waals surface area contributed by atoms with Crippen LogP contribution in [0.4, 0.5) is 4.79 Å². The van der Waals surface area contributed by atoms with Crippen molar-refractivity contribution in [3.05, 3.63) is 12.2 Å². The van der Waals surface area contributed by atoms with Gasteiger partial charge in [0.05, 0.1) is 0 Å². The third-order valence-electron chi connectivity index (χ3n) is 3.01. The number of amides is 1. The molecule has 1 saturated heterocycles. The van der Waals surface area contributed by atoms with Crippen LogP contribution in [0, 0.1) is 0 Å². The number of carbonyl (C=O) groups excluding carboxylic acids is 3. The van der Waals surface area contributed by atoms with Crippen molar-refractivity contribution in [1.29, 1.82) is 0 Å². The van der Waals surface area contributed by atoms with Gasteiger partial charge in [0.2, 0.25) is 0 Å². The zero-order valence-corrected chi connectivity index (χ0v) is 12.3. The molecular formula is C14H19NO6. The minimum atomic E-state index is -1.01. The van der Waals surface area contributed by atoms with Crippen LogP contribution in [0.3, 0.4) is 0 Å². The van der Waals surface area contributed by atoms with Gasteiger partial charge in [-0.1, -0.05) is 0 Å². The smallest absolute Gasteiger partial charge is 0.411 e. The fraction of sp³-hybridized carbons (Fsp3) is 0.643. The largest absolute Gasteiger partial charge is 0.444 e. The summed E-state index contributed by atoms with van der Waals surface area (Å²) in [5, 5.41) is 0. The summed E-state index contributed by atoms with van der Waals surface area (Å²) in [7, 11) is 0. The lowest BCUT2D eigenvalue weighted by Gasteiger charge is -2.27. The molecule has 2 atom stereocenters. The van der Waals surface area contributed by atoms with Crippen LogP contribution in [0.1, 0.15) is 33.6 Å². The lowest BCUT2D eigenvalue weighted by molar-refractivity contribution is -0.176. The number of nitrogens with zero attached hydrogens (tertiary/aromatic N) is 1. The normalized spacial score (nSPS) is 24.9. The monoisotopic (exact) mass is 297 g/mol. The molecule has 2 heterocycles. The Morgan fingerprint density at radius 3 is 2.67 bits per heavy atom. The third kappa shape index (κ3) is 3.96. The van der Waals surface area contributed by atoms with Crippen LogP contribution in [0.5, 0.6) is 0 Å². The Hall–Kier alpha value is -2.05. The van der Waals surface area contributed by atoms with Gasteiger partial charge in [-0.2, -0.15) is 0 Å². The Balaban J connectivity index is 1.94. The number of ether oxygens (including phenoxy) is 3. The van der Waals surface area contributed by atoms with Gasteiger partial charge in [0.25, 0.3) is 6.29 Å². The second-order valence-corrected chi connectivity index (χ2v) is 5.93. The number of likely N-dealkylation sites (tertiary alicyclic amines) is 1. The zero-order chi connectivity index (χ0) is 15.6. The van der Waals surface area contributed by atoms with E-state index in [4.69, 9.17) is 14.2 Å². The van der Waals surface area contributed by atoms with E-state index in [1.54, 1.807) is 20.8 Å². The van der Waals surface area contributed by atoms with Gasteiger partial charge in [-0.25, -0.2) is 14.4 Å². The molecule has 1 fully saturated rings. The first-order valence-corrected chi connectivity index (χ1v) is 6.85. The molecule has 116 valence electrons. The summed E-state index contributed by atoms with van der Waals surface area (Å²) in [6.45, 7) is 5.72. The fourth-order valence-corrected chi connectivity index (χ4v) is 2.16. The molecule has 0 N–H and O–H groups in total. The van der Waals surface area contributed by atoms with Gasteiger partial charge in [-0.05, 0) is 33.6 Å². The Labute approximate surface area is 122 Å². The second-order valence-electron chi connectivity index (χ2n) is 5.93. The van der Waals surface area contributed by atoms with Crippen molar-refractivity contribution in [2.45, 2.75) is 51.5 Å². The zero-order valence-electron chi connectivity index (χ0n) is 12.3. The van der Waals surface area contributed by atoms with E-state index in [1.807, 2.05) is 0 Å². The highest BCUT2D eigenvalue weighted by molar-refractivity contribution is 5.85. The van der Waals surface area contributed by atoms with Gasteiger partial charge in [-0.3, -0.25) is 4.90 Å². The molecule has 0 spiro atoms. The lowest BCUT2D eigenvalue weighted by Crippen LogP contribution is -2.44. The number of carbonyl (C=O) groups is 3. The summed E-state index contributed by atoms with van der Waals surface area (Å²) in [6.07, 6.45) is 2.19. The summed E-state index contributed by atoms with van der Waals surface area (Å²) < 4.78 is 15.1. The van der Waals surface area contributed by atoms with Crippen LogP contribution >= 0.6 is 0 Å². The first-order valence-electron chi connectivity index (χ1n) is 6.85. The van der Waals surface area contributed by atoms with Crippen molar-refractivity contribution in [1.82, 2.24) is 4.90 Å². The fourth-order valence-electron chi connectivity index (χ4n) is 2.16. The number of esters is 2. The maximum Gasteiger partial charge on any atom is 0.411 e. The Kier molecular flexibility index (Phi) is 4.20. The minimum Gasteiger partial charge on any atom is -0.444 e. The van der Waals surface area contributed by atoms with Gasteiger partial charge in [0.1, 0.15) is 11.6 Å². The highest BCUT2D eigenvalue weighted by atomic mass is 16.7. The standard InChI is InChI=1S/C14H19NO6/c1-14(2,3)21-13(18)15-8-4-5-9(15)12(17)20-11-7-6-10(16)19-11/h6-7,9,11H,4-5,8H2,1-3H3/t9-,11?/m1/s1. The predicted molar refractivity (Wildman–Crippen MR) is 71.1 cm³/mol. The molecule has 2 aliphatic rings. The molecule has 0 aromatic heterocycles. The summed E-state index contributed by atoms with van der Waals surface area (Å²) in [5.41, 5.74) is -0.627. The quantitative estimate of drug-likeness (QED) is 0.716. The van der Waals surface area contributed by atoms with Gasteiger partial charge in [-0.15, -0.1) is 0 Å². The lowest BCUT2D eigenvalue weighted by atomic mass is 10.2. The van der Waals surface area contributed by atoms with Crippen molar-refractivity contribution in [2.24, 2.45) is 0 Å². The molecule has 7 heteroatoms. The summed E-state index contributed by atoms with van der Waals surface area (Å²) in [6, 6.07) is -0.701. The molecule has 7 nitrogen and oxygen atoms in total. The number of hydrogen-bond donors (Lipinski definition) is 0. The number of rotatable bonds is 2. The van der Waals surface area contributed by atoms with Crippen molar-refractivity contribution in [2.75, 3.05) is 6.54 Å². The molecule has 0 bridgehead atoms. The van der Waals surface area contributed by atoms with Crippen molar-refractivity contribution in [3.63, 3.8) is 0 Å². The van der Waals surface area contributed by atoms with Crippen LogP contribution in [0.15, 0.2) is 12.2 Å². The SMILES string of the molecule is CC(C)(C)OC(=O)N1CCC[C@@H]1C(=O)OC1C=CC(=O)O1. The maximum atomic E-state index is 12.1. The molecule has 21 heavy (non-hydrogen) atoms. The average Bonchev–Trinajstić information content (AvgIpc) is 2.95. The summed E-state index contributed by atoms with van der Waals surface area (Å²) in [4.78, 5) is 36.4. The molecular weight excluding hydrogens is 278 g/mol. The Morgan fingerprint density at radius 1 is 1.38 bits per heavy atom. The van der Waals surface area contributed by atoms with Crippen molar-refractivity contribution in [3.8, 4) is 0 Å². The summed E-state index contributed by atoms with van der Waals surface area (Å²) in [5.74, 6) is -1.15. The molecule has 0 radical (unpaired) electrons. The van der Waals surface area contributed by atoms with Crippen LogP contribution < -0.4 is 0 Å². The van der Waals surface area contributed by atoms with Gasteiger partial charge >= 0.3 is 18.0 Å². The van der Waals surface area contributed by atoms with E-state index in [0.717, 1.165) is 0 Å². The second kappa shape index (κ2) is 5.75. The van der Waals surface area contributed by atoms with Gasteiger partial charge in [0.15, 0.2) is 0 Å². The topological polar surface area (TPSA) is 82.1 Å². The van der Waals surface area contributed by atoms with E-state index in [0.29, 0.717) is 19.4 Å². The molecule has 0 aromatic carbocycles. The number of cyclic esters (lactones) is 1. The van der Waals surface area contributed by atoms with Crippen LogP contribution in [0.25, 0.3) is 0 Å². The molecule has 1 unspecified atom stereocenters. The van der Waals surface area contributed by atoms with Gasteiger partial charge in [0, 0.05) is 18.7 Å². The Morgan fingerprint density at radius 2 is 2.10 bits per heavy atom. The molecule has 2 aliphatic heterocycles. The van der Waals surface area contributed by atoms with Crippen molar-refractivity contribution >= 4 is 18.0 Å². The third-order valence-corrected chi connectivity index (χ3v) is 3.01. The predicted octanol–water partition coefficient (Wildman–Crippen LogP) is 1.37. The van der Waals surface area contributed by atoms with E-state index >= 15 is 0 Å². The van der Waals surface area contributed by atoms with E-state index < -0.39 is 36.0 Å². The number of hydrogen-bond acceptors (Lipinski definition) is 6. The highest BCUT2D eigenvalue weighted by Crippen LogP contribution is 2.22. The van der Waals surface area contributed by atoms with Crippen molar-refractivity contribution < 1.29 is 28.6 Å². The first-order chi connectivity index (χ1) is 9.76. The van der Waals surface area contributed by atoms with E-state index in [1.165, 1.54) is 17.1 Å². The molecule has 1 amide bonds. The molecule has 0 saturated carbocycles. The highest BCUT2D eigenvalue weighted by Gasteiger charge is 2.39. The average molecular weight is 297 g/mol. The van der Waals surface area contributed by atoms with Crippen LogP contribution in [-0.2, 0) is 23.8 Å². The first kappa shape index (κ1) is 15.3. The maximum absolute atomic E-state index is 12.1. The van der Waals surface area contributed by atoms with E-state index in [-0.39, 0.29) is 0 Å². The minimum absolute atomic E-state index is 0.439. The van der Waals surface area contributed by atoms with E-state index in [2.05, 4.69) is 0 Å². The Bertz CT molecular complexity index is 478. The van der Waals surface area contributed by atoms with Crippen LogP contribution in [0.2, 0.25) is 0 Å². The summed E-state index contributed by atoms with van der Waals surface area (Å²) >= 11 is 0. The molecule has 0 aromatic rings. The molecule has 2 rings (SSSR count). The van der Waals surface area contributed by atoms with Crippen LogP contribution in [-0.4, -0.2) is 47.4 Å². The molecule has 0 aliphatic carbocycles. The van der Waals surface area contributed by atoms with Gasteiger partial charge < -0.3 is 14.2 Å². The van der Waals surface area contributed by atoms with E-state index in [9.17, 15) is 14.4 Å².